The van der Waals surface area contributed by atoms with Crippen LogP contribution in [0, 0.1) is 11.5 Å². The first-order valence-corrected chi connectivity index (χ1v) is 9.66. The van der Waals surface area contributed by atoms with Gasteiger partial charge in [0.25, 0.3) is 5.91 Å². The van der Waals surface area contributed by atoms with E-state index in [1.165, 1.54) is 18.5 Å². The summed E-state index contributed by atoms with van der Waals surface area (Å²) in [6.45, 7) is 0.735. The minimum atomic E-state index is -4.50. The van der Waals surface area contributed by atoms with Gasteiger partial charge in [0.2, 0.25) is 12.2 Å². The number of rotatable bonds is 4. The fourth-order valence-electron chi connectivity index (χ4n) is 3.74. The van der Waals surface area contributed by atoms with Crippen LogP contribution in [0.2, 0.25) is 0 Å². The lowest BCUT2D eigenvalue weighted by molar-refractivity contribution is -0.137. The highest BCUT2D eigenvalue weighted by atomic mass is 19.4. The fourth-order valence-corrected chi connectivity index (χ4v) is 3.74. The maximum Gasteiger partial charge on any atom is 0.416 e. The fraction of sp³-hybridized carbons (Fsp3) is 0.350. The first-order chi connectivity index (χ1) is 15.2. The molecule has 1 saturated heterocycles. The maximum absolute atomic E-state index is 13.3. The van der Waals surface area contributed by atoms with Gasteiger partial charge in [-0.2, -0.15) is 18.4 Å². The Morgan fingerprint density at radius 2 is 1.97 bits per heavy atom. The molecule has 1 aromatic carbocycles. The number of likely N-dealkylation sites (tertiary alicyclic amines) is 1. The number of halogens is 3. The molecule has 1 fully saturated rings. The Kier molecular flexibility index (Phi) is 6.47. The molecule has 0 atom stereocenters. The predicted molar refractivity (Wildman–Crippen MR) is 110 cm³/mol. The van der Waals surface area contributed by atoms with Crippen molar-refractivity contribution in [2.24, 2.45) is 10.7 Å². The first kappa shape index (κ1) is 22.8. The largest absolute Gasteiger partial charge is 0.416 e. The van der Waals surface area contributed by atoms with E-state index in [4.69, 9.17) is 16.7 Å². The van der Waals surface area contributed by atoms with E-state index in [9.17, 15) is 18.0 Å². The van der Waals surface area contributed by atoms with Crippen molar-refractivity contribution in [1.82, 2.24) is 20.2 Å². The van der Waals surface area contributed by atoms with Gasteiger partial charge in [0.1, 0.15) is 0 Å². The highest BCUT2D eigenvalue weighted by Gasteiger charge is 2.39. The highest BCUT2D eigenvalue weighted by molar-refractivity contribution is 5.96. The number of anilines is 1. The van der Waals surface area contributed by atoms with E-state index in [0.717, 1.165) is 12.1 Å². The standard InChI is InChI=1S/C20H21F3N8O/c21-20(22,23)14-3-1-2-13(10-14)19(4-8-31(9-5-19)18(26)30-12-24)11-29-17(32)15-16(25)28-7-6-27-15/h1-3,6-7,10H,4-5,8-9,11H2,(H2,25,28)(H2,26,30)(H,29,32). The molecule has 5 N–H and O–H groups in total. The summed E-state index contributed by atoms with van der Waals surface area (Å²) >= 11 is 0. The lowest BCUT2D eigenvalue weighted by Gasteiger charge is -2.42. The molecule has 1 aliphatic rings. The number of piperidine rings is 1. The molecular weight excluding hydrogens is 425 g/mol. The molecule has 1 aromatic heterocycles. The van der Waals surface area contributed by atoms with Gasteiger partial charge < -0.3 is 21.7 Å². The zero-order valence-electron chi connectivity index (χ0n) is 16.9. The van der Waals surface area contributed by atoms with E-state index in [-0.39, 0.29) is 24.0 Å². The van der Waals surface area contributed by atoms with Gasteiger partial charge in [0, 0.05) is 37.4 Å². The SMILES string of the molecule is N#CN=C(N)N1CCC(CNC(=O)c2nccnc2N)(c2cccc(C(F)(F)F)c2)CC1. The number of aromatic nitrogens is 2. The van der Waals surface area contributed by atoms with E-state index < -0.39 is 23.1 Å². The van der Waals surface area contributed by atoms with Crippen LogP contribution in [0.4, 0.5) is 19.0 Å². The number of nitrogens with zero attached hydrogens (tertiary/aromatic N) is 5. The molecule has 0 radical (unpaired) electrons. The maximum atomic E-state index is 13.3. The Morgan fingerprint density at radius 1 is 1.28 bits per heavy atom. The molecule has 3 rings (SSSR count). The van der Waals surface area contributed by atoms with Crippen molar-refractivity contribution in [3.05, 3.63) is 53.5 Å². The summed E-state index contributed by atoms with van der Waals surface area (Å²) in [7, 11) is 0. The number of nitrogens with two attached hydrogens (primary N) is 2. The molecule has 0 unspecified atom stereocenters. The summed E-state index contributed by atoms with van der Waals surface area (Å²) in [5.41, 5.74) is 10.3. The van der Waals surface area contributed by atoms with Gasteiger partial charge >= 0.3 is 6.18 Å². The first-order valence-electron chi connectivity index (χ1n) is 9.66. The number of amides is 1. The van der Waals surface area contributed by atoms with Crippen molar-refractivity contribution >= 4 is 17.7 Å². The second kappa shape index (κ2) is 9.09. The molecule has 1 amide bonds. The van der Waals surface area contributed by atoms with Crippen LogP contribution in [0.25, 0.3) is 0 Å². The zero-order valence-corrected chi connectivity index (χ0v) is 16.9. The minimum absolute atomic E-state index is 0.0431. The molecule has 2 heterocycles. The minimum Gasteiger partial charge on any atom is -0.382 e. The number of nitrogen functional groups attached to an aromatic ring is 1. The van der Waals surface area contributed by atoms with Crippen LogP contribution in [-0.4, -0.2) is 46.4 Å². The smallest absolute Gasteiger partial charge is 0.382 e. The van der Waals surface area contributed by atoms with Crippen LogP contribution >= 0.6 is 0 Å². The normalized spacial score (nSPS) is 16.3. The van der Waals surface area contributed by atoms with Gasteiger partial charge in [0.05, 0.1) is 5.56 Å². The van der Waals surface area contributed by atoms with E-state index in [1.807, 2.05) is 0 Å². The van der Waals surface area contributed by atoms with Crippen molar-refractivity contribution in [2.45, 2.75) is 24.4 Å². The van der Waals surface area contributed by atoms with Gasteiger partial charge in [-0.15, -0.1) is 4.99 Å². The summed E-state index contributed by atoms with van der Waals surface area (Å²) in [5, 5.41) is 11.5. The molecule has 0 saturated carbocycles. The number of aliphatic imine (C=N–C) groups is 1. The average Bonchev–Trinajstić information content (AvgIpc) is 2.78. The summed E-state index contributed by atoms with van der Waals surface area (Å²) in [6.07, 6.45) is 0.522. The van der Waals surface area contributed by atoms with Crippen molar-refractivity contribution in [3.63, 3.8) is 0 Å². The highest BCUT2D eigenvalue weighted by Crippen LogP contribution is 2.38. The van der Waals surface area contributed by atoms with E-state index in [0.29, 0.717) is 31.5 Å². The molecule has 1 aliphatic heterocycles. The Bertz CT molecular complexity index is 1060. The van der Waals surface area contributed by atoms with Gasteiger partial charge in [-0.25, -0.2) is 9.97 Å². The number of carbonyl (C=O) groups is 1. The summed E-state index contributed by atoms with van der Waals surface area (Å²) in [5.74, 6) is -0.579. The van der Waals surface area contributed by atoms with Crippen molar-refractivity contribution in [1.29, 1.82) is 5.26 Å². The quantitative estimate of drug-likeness (QED) is 0.367. The van der Waals surface area contributed by atoms with Crippen LogP contribution < -0.4 is 16.8 Å². The Hall–Kier alpha value is -3.88. The van der Waals surface area contributed by atoms with Gasteiger partial charge in [-0.3, -0.25) is 4.79 Å². The molecule has 12 heteroatoms. The number of hydrogen-bond donors (Lipinski definition) is 3. The van der Waals surface area contributed by atoms with E-state index >= 15 is 0 Å². The third-order valence-electron chi connectivity index (χ3n) is 5.54. The summed E-state index contributed by atoms with van der Waals surface area (Å²) in [6, 6.07) is 5.06. The third kappa shape index (κ3) is 4.88. The molecule has 32 heavy (non-hydrogen) atoms. The van der Waals surface area contributed by atoms with Crippen molar-refractivity contribution < 1.29 is 18.0 Å². The number of alkyl halides is 3. The zero-order chi connectivity index (χ0) is 23.4. The molecule has 2 aromatic rings. The van der Waals surface area contributed by atoms with Crippen LogP contribution in [0.15, 0.2) is 41.7 Å². The Morgan fingerprint density at radius 3 is 2.59 bits per heavy atom. The molecule has 0 bridgehead atoms. The van der Waals surface area contributed by atoms with Gasteiger partial charge in [-0.1, -0.05) is 18.2 Å². The predicted octanol–water partition coefficient (Wildman–Crippen LogP) is 1.64. The number of benzene rings is 1. The lowest BCUT2D eigenvalue weighted by Crippen LogP contribution is -2.52. The molecule has 168 valence electrons. The average molecular weight is 446 g/mol. The van der Waals surface area contributed by atoms with Crippen molar-refractivity contribution in [3.8, 4) is 6.19 Å². The van der Waals surface area contributed by atoms with Gasteiger partial charge in [-0.05, 0) is 24.5 Å². The van der Waals surface area contributed by atoms with Crippen LogP contribution in [0.3, 0.4) is 0 Å². The topological polar surface area (TPSA) is 146 Å². The van der Waals surface area contributed by atoms with E-state index in [2.05, 4.69) is 20.3 Å². The molecule has 0 aliphatic carbocycles. The van der Waals surface area contributed by atoms with Crippen LogP contribution in [0.5, 0.6) is 0 Å². The monoisotopic (exact) mass is 446 g/mol. The second-order valence-corrected chi connectivity index (χ2v) is 7.39. The van der Waals surface area contributed by atoms with Gasteiger partial charge in [0.15, 0.2) is 11.5 Å². The second-order valence-electron chi connectivity index (χ2n) is 7.39. The number of guanidine groups is 1. The number of hydrogen-bond acceptors (Lipinski definition) is 6. The lowest BCUT2D eigenvalue weighted by atomic mass is 9.72. The number of nitriles is 1. The van der Waals surface area contributed by atoms with Crippen molar-refractivity contribution in [2.75, 3.05) is 25.4 Å². The molecule has 9 nitrogen and oxygen atoms in total. The Labute approximate surface area is 182 Å². The number of carbonyl (C=O) groups excluding carboxylic acids is 1. The summed E-state index contributed by atoms with van der Waals surface area (Å²) < 4.78 is 40.0. The summed E-state index contributed by atoms with van der Waals surface area (Å²) in [4.78, 5) is 25.5. The van der Waals surface area contributed by atoms with Crippen LogP contribution in [-0.2, 0) is 11.6 Å². The van der Waals surface area contributed by atoms with E-state index in [1.54, 1.807) is 17.2 Å². The number of nitrogens with one attached hydrogen (secondary N) is 1. The molecule has 0 spiro atoms. The van der Waals surface area contributed by atoms with Crippen LogP contribution in [0.1, 0.15) is 34.5 Å². The Balaban J connectivity index is 1.89. The third-order valence-corrected chi connectivity index (χ3v) is 5.54. The molecular formula is C20H21F3N8O.